The van der Waals surface area contributed by atoms with Gasteiger partial charge in [0.1, 0.15) is 11.6 Å². The lowest BCUT2D eigenvalue weighted by Crippen LogP contribution is -2.51. The van der Waals surface area contributed by atoms with Gasteiger partial charge in [0.2, 0.25) is 5.91 Å². The van der Waals surface area contributed by atoms with Crippen LogP contribution in [0.15, 0.2) is 48.5 Å². The molecule has 4 N–H and O–H groups in total. The molecule has 0 heterocycles. The van der Waals surface area contributed by atoms with Gasteiger partial charge in [0.15, 0.2) is 6.04 Å². The zero-order valence-corrected chi connectivity index (χ0v) is 21.9. The van der Waals surface area contributed by atoms with Crippen molar-refractivity contribution in [1.29, 1.82) is 0 Å². The number of hydrogen-bond acceptors (Lipinski definition) is 5. The van der Waals surface area contributed by atoms with Crippen molar-refractivity contribution in [3.8, 4) is 24.8 Å². The molecule has 2 rings (SSSR count). The molecule has 198 valence electrons. The van der Waals surface area contributed by atoms with Crippen molar-refractivity contribution < 1.29 is 23.9 Å². The summed E-state index contributed by atoms with van der Waals surface area (Å²) in [6.07, 6.45) is 10.2. The van der Waals surface area contributed by atoms with E-state index >= 15 is 0 Å². The van der Waals surface area contributed by atoms with Gasteiger partial charge >= 0.3 is 6.09 Å². The van der Waals surface area contributed by atoms with Crippen LogP contribution in [0.2, 0.25) is 0 Å². The Hall–Kier alpha value is -4.76. The van der Waals surface area contributed by atoms with Crippen LogP contribution in [-0.2, 0) is 19.1 Å². The van der Waals surface area contributed by atoms with E-state index in [-0.39, 0.29) is 12.8 Å². The highest BCUT2D eigenvalue weighted by Gasteiger charge is 2.37. The summed E-state index contributed by atoms with van der Waals surface area (Å²) in [7, 11) is 0. The fraction of sp³-hybridized carbons (Fsp3) is 0.310. The van der Waals surface area contributed by atoms with Crippen LogP contribution in [0.1, 0.15) is 56.3 Å². The molecule has 0 aromatic heterocycles. The number of nitrogens with zero attached hydrogens (tertiary/aromatic N) is 1. The Morgan fingerprint density at radius 3 is 2.26 bits per heavy atom. The summed E-state index contributed by atoms with van der Waals surface area (Å²) in [5.74, 6) is 0.378. The van der Waals surface area contributed by atoms with Gasteiger partial charge in [0.25, 0.3) is 11.8 Å². The summed E-state index contributed by atoms with van der Waals surface area (Å²) >= 11 is 0. The molecule has 2 unspecified atom stereocenters. The van der Waals surface area contributed by atoms with E-state index < -0.39 is 41.5 Å². The molecular formula is C29H32N4O5. The quantitative estimate of drug-likeness (QED) is 0.348. The molecule has 2 aromatic carbocycles. The summed E-state index contributed by atoms with van der Waals surface area (Å²) in [5, 5.41) is 5.26. The fourth-order valence-corrected chi connectivity index (χ4v) is 3.61. The number of aryl methyl sites for hydroxylation is 1. The fourth-order valence-electron chi connectivity index (χ4n) is 3.61. The maximum atomic E-state index is 13.8. The van der Waals surface area contributed by atoms with Crippen molar-refractivity contribution in [3.05, 3.63) is 65.2 Å². The van der Waals surface area contributed by atoms with Crippen LogP contribution in [0, 0.1) is 31.7 Å². The van der Waals surface area contributed by atoms with E-state index in [4.69, 9.17) is 23.3 Å². The van der Waals surface area contributed by atoms with Crippen molar-refractivity contribution in [2.75, 3.05) is 5.32 Å². The summed E-state index contributed by atoms with van der Waals surface area (Å²) in [6.45, 7) is 6.78. The lowest BCUT2D eigenvalue weighted by molar-refractivity contribution is -0.137. The average Bonchev–Trinajstić information content (AvgIpc) is 2.84. The first-order valence-electron chi connectivity index (χ1n) is 11.9. The highest BCUT2D eigenvalue weighted by atomic mass is 16.6. The maximum absolute atomic E-state index is 13.8. The van der Waals surface area contributed by atoms with Gasteiger partial charge in [-0.15, -0.1) is 6.42 Å². The molecule has 0 fully saturated rings. The maximum Gasteiger partial charge on any atom is 0.408 e. The monoisotopic (exact) mass is 516 g/mol. The molecule has 38 heavy (non-hydrogen) atoms. The van der Waals surface area contributed by atoms with Crippen molar-refractivity contribution in [3.63, 3.8) is 0 Å². The number of nitrogens with two attached hydrogens (primary N) is 1. The van der Waals surface area contributed by atoms with Crippen LogP contribution in [0.25, 0.3) is 0 Å². The van der Waals surface area contributed by atoms with Gasteiger partial charge in [0, 0.05) is 29.3 Å². The average molecular weight is 517 g/mol. The first-order valence-corrected chi connectivity index (χ1v) is 11.9. The van der Waals surface area contributed by atoms with Crippen LogP contribution >= 0.6 is 0 Å². The number of carbonyl (C=O) groups excluding carboxylic acids is 4. The standard InChI is InChI=1S/C29H32N4O5/c1-7-20-14-10-11-15-21(20)25(26(35)31-22-16-12-9-13-19(22)3)33(8-2)27(36)23(17-18-24(30)34)32-28(37)38-29(4,5)6/h1-2,9-16,23,25H,17-18H2,3-6H3,(H2,30,34)(H,31,35)(H,32,37). The Kier molecular flexibility index (Phi) is 10.1. The predicted octanol–water partition coefficient (Wildman–Crippen LogP) is 3.23. The molecule has 2 aromatic rings. The van der Waals surface area contributed by atoms with E-state index in [0.29, 0.717) is 16.8 Å². The van der Waals surface area contributed by atoms with Crippen molar-refractivity contribution >= 4 is 29.5 Å². The molecule has 9 nitrogen and oxygen atoms in total. The van der Waals surface area contributed by atoms with Gasteiger partial charge in [-0.1, -0.05) is 48.7 Å². The van der Waals surface area contributed by atoms with Crippen LogP contribution in [0.4, 0.5) is 10.5 Å². The predicted molar refractivity (Wildman–Crippen MR) is 144 cm³/mol. The van der Waals surface area contributed by atoms with E-state index in [1.54, 1.807) is 57.2 Å². The van der Waals surface area contributed by atoms with Gasteiger partial charge in [-0.25, -0.2) is 4.79 Å². The minimum Gasteiger partial charge on any atom is -0.444 e. The highest BCUT2D eigenvalue weighted by molar-refractivity contribution is 6.00. The van der Waals surface area contributed by atoms with Gasteiger partial charge in [-0.2, -0.15) is 0 Å². The van der Waals surface area contributed by atoms with E-state index in [2.05, 4.69) is 22.6 Å². The molecule has 0 aliphatic carbocycles. The molecule has 0 aliphatic rings. The third-order valence-corrected chi connectivity index (χ3v) is 5.37. The second-order valence-corrected chi connectivity index (χ2v) is 9.48. The number of para-hydroxylation sites is 1. The number of anilines is 1. The number of carbonyl (C=O) groups is 4. The zero-order valence-electron chi connectivity index (χ0n) is 21.9. The highest BCUT2D eigenvalue weighted by Crippen LogP contribution is 2.27. The van der Waals surface area contributed by atoms with E-state index in [1.807, 2.05) is 19.1 Å². The Morgan fingerprint density at radius 1 is 1.05 bits per heavy atom. The van der Waals surface area contributed by atoms with E-state index in [9.17, 15) is 19.2 Å². The van der Waals surface area contributed by atoms with Crippen LogP contribution in [-0.4, -0.2) is 40.4 Å². The largest absolute Gasteiger partial charge is 0.444 e. The van der Waals surface area contributed by atoms with Gasteiger partial charge < -0.3 is 21.1 Å². The molecule has 0 aliphatic heterocycles. The number of amides is 4. The Morgan fingerprint density at radius 2 is 1.68 bits per heavy atom. The molecule has 0 saturated heterocycles. The van der Waals surface area contributed by atoms with Crippen LogP contribution in [0.5, 0.6) is 0 Å². The first kappa shape index (κ1) is 29.5. The van der Waals surface area contributed by atoms with Crippen LogP contribution < -0.4 is 16.4 Å². The van der Waals surface area contributed by atoms with Gasteiger partial charge in [-0.3, -0.25) is 19.3 Å². The Balaban J connectivity index is 2.54. The van der Waals surface area contributed by atoms with Crippen molar-refractivity contribution in [2.45, 2.75) is 58.2 Å². The second kappa shape index (κ2) is 13.0. The minimum atomic E-state index is -1.36. The number of hydrogen-bond donors (Lipinski definition) is 3. The number of primary amides is 1. The summed E-state index contributed by atoms with van der Waals surface area (Å²) in [4.78, 5) is 52.3. The second-order valence-electron chi connectivity index (χ2n) is 9.48. The van der Waals surface area contributed by atoms with Crippen molar-refractivity contribution in [1.82, 2.24) is 10.2 Å². The van der Waals surface area contributed by atoms with Gasteiger partial charge in [-0.05, 0) is 51.8 Å². The summed E-state index contributed by atoms with van der Waals surface area (Å²) in [5.41, 5.74) is 6.39. The third-order valence-electron chi connectivity index (χ3n) is 5.37. The Labute approximate surface area is 223 Å². The molecule has 4 amide bonds. The van der Waals surface area contributed by atoms with E-state index in [0.717, 1.165) is 10.5 Å². The number of nitrogens with one attached hydrogen (secondary N) is 2. The minimum absolute atomic E-state index is 0.172. The topological polar surface area (TPSA) is 131 Å². The molecule has 9 heteroatoms. The molecule has 0 saturated carbocycles. The first-order chi connectivity index (χ1) is 17.9. The molecule has 0 radical (unpaired) electrons. The Bertz CT molecular complexity index is 1280. The SMILES string of the molecule is C#Cc1ccccc1C(C(=O)Nc1ccccc1C)N(C#C)C(=O)C(CCC(N)=O)NC(=O)OC(C)(C)C. The number of terminal acetylenes is 2. The third kappa shape index (κ3) is 8.14. The number of ether oxygens (including phenoxy) is 1. The number of benzene rings is 2. The molecular weight excluding hydrogens is 484 g/mol. The smallest absolute Gasteiger partial charge is 0.408 e. The van der Waals surface area contributed by atoms with Gasteiger partial charge in [0.05, 0.1) is 0 Å². The summed E-state index contributed by atoms with van der Waals surface area (Å²) in [6, 6.07) is 13.2. The number of rotatable bonds is 9. The normalized spacial score (nSPS) is 12.2. The number of alkyl carbamates (subject to hydrolysis) is 1. The van der Waals surface area contributed by atoms with Crippen molar-refractivity contribution in [2.24, 2.45) is 5.73 Å². The summed E-state index contributed by atoms with van der Waals surface area (Å²) < 4.78 is 5.27. The molecule has 2 atom stereocenters. The molecule has 0 bridgehead atoms. The lowest BCUT2D eigenvalue weighted by Gasteiger charge is -2.31. The molecule has 0 spiro atoms. The lowest BCUT2D eigenvalue weighted by atomic mass is 9.97. The zero-order chi connectivity index (χ0) is 28.5. The van der Waals surface area contributed by atoms with Crippen LogP contribution in [0.3, 0.4) is 0 Å². The van der Waals surface area contributed by atoms with E-state index in [1.165, 1.54) is 0 Å².